The Hall–Kier alpha value is -0.120. The van der Waals surface area contributed by atoms with Crippen molar-refractivity contribution in [1.82, 2.24) is 9.80 Å². The summed E-state index contributed by atoms with van der Waals surface area (Å²) >= 11 is 0. The smallest absolute Gasteiger partial charge is 0.0226 e. The van der Waals surface area contributed by atoms with E-state index in [0.717, 1.165) is 12.6 Å². The summed E-state index contributed by atoms with van der Waals surface area (Å²) in [7, 11) is 4.32. The van der Waals surface area contributed by atoms with Crippen LogP contribution < -0.4 is 5.73 Å². The number of nitrogens with zero attached hydrogens (tertiary/aromatic N) is 2. The standard InChI is InChI=1S/C12H27N3/c1-10(8-13)11(2)15-7-5-6-12(15)9-14(3)4/h10-12H,5-9,13H2,1-4H3. The highest BCUT2D eigenvalue weighted by Gasteiger charge is 2.30. The maximum Gasteiger partial charge on any atom is 0.0226 e. The second kappa shape index (κ2) is 5.83. The van der Waals surface area contributed by atoms with E-state index in [1.165, 1.54) is 25.9 Å². The highest BCUT2D eigenvalue weighted by atomic mass is 15.2. The van der Waals surface area contributed by atoms with Crippen molar-refractivity contribution in [2.45, 2.75) is 38.8 Å². The predicted molar refractivity (Wildman–Crippen MR) is 66.0 cm³/mol. The molecular weight excluding hydrogens is 186 g/mol. The second-order valence-corrected chi connectivity index (χ2v) is 5.25. The SMILES string of the molecule is CC(CN)C(C)N1CCCC1CN(C)C. The van der Waals surface area contributed by atoms with Gasteiger partial charge >= 0.3 is 0 Å². The van der Waals surface area contributed by atoms with Crippen molar-refractivity contribution < 1.29 is 0 Å². The summed E-state index contributed by atoms with van der Waals surface area (Å²) in [6.07, 6.45) is 2.69. The molecular formula is C12H27N3. The molecule has 2 N–H and O–H groups in total. The van der Waals surface area contributed by atoms with Gasteiger partial charge in [0.25, 0.3) is 0 Å². The van der Waals surface area contributed by atoms with Gasteiger partial charge in [0.2, 0.25) is 0 Å². The van der Waals surface area contributed by atoms with Crippen molar-refractivity contribution in [1.29, 1.82) is 0 Å². The average molecular weight is 213 g/mol. The number of hydrogen-bond donors (Lipinski definition) is 1. The molecule has 1 aliphatic rings. The van der Waals surface area contributed by atoms with Gasteiger partial charge in [0.05, 0.1) is 0 Å². The van der Waals surface area contributed by atoms with Gasteiger partial charge in [-0.05, 0) is 52.9 Å². The monoisotopic (exact) mass is 213 g/mol. The van der Waals surface area contributed by atoms with E-state index in [2.05, 4.69) is 37.7 Å². The normalized spacial score (nSPS) is 27.2. The summed E-state index contributed by atoms with van der Waals surface area (Å²) in [5.74, 6) is 0.604. The van der Waals surface area contributed by atoms with E-state index in [0.29, 0.717) is 12.0 Å². The third-order valence-corrected chi connectivity index (χ3v) is 3.72. The van der Waals surface area contributed by atoms with Crippen molar-refractivity contribution in [3.8, 4) is 0 Å². The molecule has 1 fully saturated rings. The Morgan fingerprint density at radius 1 is 1.40 bits per heavy atom. The first-order valence-electron chi connectivity index (χ1n) is 6.16. The summed E-state index contributed by atoms with van der Waals surface area (Å²) in [5.41, 5.74) is 5.75. The fourth-order valence-corrected chi connectivity index (χ4v) is 2.54. The summed E-state index contributed by atoms with van der Waals surface area (Å²) in [4.78, 5) is 4.94. The molecule has 1 saturated heterocycles. The fraction of sp³-hybridized carbons (Fsp3) is 1.00. The molecule has 0 spiro atoms. The fourth-order valence-electron chi connectivity index (χ4n) is 2.54. The Labute approximate surface area is 94.6 Å². The quantitative estimate of drug-likeness (QED) is 0.739. The molecule has 90 valence electrons. The lowest BCUT2D eigenvalue weighted by Crippen LogP contribution is -2.46. The molecule has 3 unspecified atom stereocenters. The number of hydrogen-bond acceptors (Lipinski definition) is 3. The van der Waals surface area contributed by atoms with Gasteiger partial charge in [0.15, 0.2) is 0 Å². The van der Waals surface area contributed by atoms with Crippen molar-refractivity contribution in [3.63, 3.8) is 0 Å². The van der Waals surface area contributed by atoms with Crippen LogP contribution in [0.1, 0.15) is 26.7 Å². The molecule has 0 radical (unpaired) electrons. The van der Waals surface area contributed by atoms with Crippen LogP contribution in [0.3, 0.4) is 0 Å². The lowest BCUT2D eigenvalue weighted by atomic mass is 10.0. The van der Waals surface area contributed by atoms with E-state index in [-0.39, 0.29) is 0 Å². The van der Waals surface area contributed by atoms with Crippen molar-refractivity contribution in [2.75, 3.05) is 33.7 Å². The maximum absolute atomic E-state index is 5.75. The van der Waals surface area contributed by atoms with E-state index in [1.54, 1.807) is 0 Å². The van der Waals surface area contributed by atoms with Gasteiger partial charge < -0.3 is 10.6 Å². The zero-order chi connectivity index (χ0) is 11.4. The van der Waals surface area contributed by atoms with Crippen LogP contribution in [0.5, 0.6) is 0 Å². The molecule has 3 atom stereocenters. The zero-order valence-electron chi connectivity index (χ0n) is 10.7. The van der Waals surface area contributed by atoms with Crippen LogP contribution >= 0.6 is 0 Å². The van der Waals surface area contributed by atoms with Crippen LogP contribution in [-0.4, -0.2) is 55.6 Å². The Balaban J connectivity index is 2.51. The highest BCUT2D eigenvalue weighted by Crippen LogP contribution is 2.23. The van der Waals surface area contributed by atoms with Crippen molar-refractivity contribution in [3.05, 3.63) is 0 Å². The van der Waals surface area contributed by atoms with Gasteiger partial charge in [-0.1, -0.05) is 6.92 Å². The topological polar surface area (TPSA) is 32.5 Å². The van der Waals surface area contributed by atoms with Crippen LogP contribution in [0.4, 0.5) is 0 Å². The minimum absolute atomic E-state index is 0.604. The first-order valence-corrected chi connectivity index (χ1v) is 6.16. The van der Waals surface area contributed by atoms with Gasteiger partial charge in [-0.2, -0.15) is 0 Å². The summed E-state index contributed by atoms with van der Waals surface area (Å²) in [6, 6.07) is 1.37. The Morgan fingerprint density at radius 2 is 2.07 bits per heavy atom. The molecule has 0 bridgehead atoms. The number of rotatable bonds is 5. The van der Waals surface area contributed by atoms with Gasteiger partial charge in [0, 0.05) is 18.6 Å². The van der Waals surface area contributed by atoms with Gasteiger partial charge in [-0.25, -0.2) is 0 Å². The van der Waals surface area contributed by atoms with E-state index >= 15 is 0 Å². The number of nitrogens with two attached hydrogens (primary N) is 1. The van der Waals surface area contributed by atoms with Crippen LogP contribution in [0.2, 0.25) is 0 Å². The Kier molecular flexibility index (Phi) is 5.03. The lowest BCUT2D eigenvalue weighted by molar-refractivity contribution is 0.129. The molecule has 0 aliphatic carbocycles. The van der Waals surface area contributed by atoms with E-state index in [1.807, 2.05) is 0 Å². The molecule has 0 aromatic carbocycles. The minimum atomic E-state index is 0.604. The summed E-state index contributed by atoms with van der Waals surface area (Å²) in [5, 5.41) is 0. The molecule has 15 heavy (non-hydrogen) atoms. The number of likely N-dealkylation sites (tertiary alicyclic amines) is 1. The van der Waals surface area contributed by atoms with Crippen molar-refractivity contribution >= 4 is 0 Å². The van der Waals surface area contributed by atoms with Crippen LogP contribution in [0.25, 0.3) is 0 Å². The lowest BCUT2D eigenvalue weighted by Gasteiger charge is -2.35. The first-order chi connectivity index (χ1) is 7.06. The summed E-state index contributed by atoms with van der Waals surface area (Å²) < 4.78 is 0. The Bertz CT molecular complexity index is 182. The van der Waals surface area contributed by atoms with Gasteiger partial charge in [0.1, 0.15) is 0 Å². The van der Waals surface area contributed by atoms with Crippen LogP contribution in [0, 0.1) is 5.92 Å². The van der Waals surface area contributed by atoms with Crippen molar-refractivity contribution in [2.24, 2.45) is 11.7 Å². The minimum Gasteiger partial charge on any atom is -0.330 e. The third kappa shape index (κ3) is 3.44. The molecule has 0 aromatic heterocycles. The molecule has 1 heterocycles. The summed E-state index contributed by atoms with van der Waals surface area (Å²) in [6.45, 7) is 7.82. The average Bonchev–Trinajstić information content (AvgIpc) is 2.62. The van der Waals surface area contributed by atoms with Crippen LogP contribution in [-0.2, 0) is 0 Å². The Morgan fingerprint density at radius 3 is 2.60 bits per heavy atom. The molecule has 1 rings (SSSR count). The third-order valence-electron chi connectivity index (χ3n) is 3.72. The molecule has 0 aromatic rings. The molecule has 1 aliphatic heterocycles. The second-order valence-electron chi connectivity index (χ2n) is 5.25. The van der Waals surface area contributed by atoms with Gasteiger partial charge in [-0.15, -0.1) is 0 Å². The predicted octanol–water partition coefficient (Wildman–Crippen LogP) is 0.996. The molecule has 0 amide bonds. The number of likely N-dealkylation sites (N-methyl/N-ethyl adjacent to an activating group) is 1. The van der Waals surface area contributed by atoms with Crippen LogP contribution in [0.15, 0.2) is 0 Å². The van der Waals surface area contributed by atoms with E-state index in [9.17, 15) is 0 Å². The largest absolute Gasteiger partial charge is 0.330 e. The first kappa shape index (κ1) is 12.9. The van der Waals surface area contributed by atoms with Gasteiger partial charge in [-0.3, -0.25) is 4.90 Å². The van der Waals surface area contributed by atoms with E-state index < -0.39 is 0 Å². The van der Waals surface area contributed by atoms with E-state index in [4.69, 9.17) is 5.73 Å². The molecule has 3 heteroatoms. The zero-order valence-corrected chi connectivity index (χ0v) is 10.7. The highest BCUT2D eigenvalue weighted by molar-refractivity contribution is 4.86. The molecule has 3 nitrogen and oxygen atoms in total. The molecule has 0 saturated carbocycles. The maximum atomic E-state index is 5.75.